The predicted octanol–water partition coefficient (Wildman–Crippen LogP) is 4.47. The second kappa shape index (κ2) is 6.44. The molecule has 0 radical (unpaired) electrons. The molecule has 2 N–H and O–H groups in total. The zero-order valence-corrected chi connectivity index (χ0v) is 15.2. The molecule has 0 fully saturated rings. The largest absolute Gasteiger partial charge is 0.506 e. The van der Waals surface area contributed by atoms with E-state index in [4.69, 9.17) is 27.9 Å². The summed E-state index contributed by atoms with van der Waals surface area (Å²) >= 11 is 12.2. The zero-order chi connectivity index (χ0) is 19.3. The highest BCUT2D eigenvalue weighted by Crippen LogP contribution is 2.50. The van der Waals surface area contributed by atoms with Gasteiger partial charge in [0.1, 0.15) is 17.3 Å². The molecule has 27 heavy (non-hydrogen) atoms. The van der Waals surface area contributed by atoms with Crippen LogP contribution in [0.25, 0.3) is 0 Å². The number of ether oxygens (including phenoxy) is 1. The van der Waals surface area contributed by atoms with Crippen LogP contribution in [0.15, 0.2) is 59.3 Å². The minimum Gasteiger partial charge on any atom is -0.506 e. The number of phenolic OH excluding ortho intramolecular Hbond substituents is 1. The summed E-state index contributed by atoms with van der Waals surface area (Å²) < 4.78 is 5.81. The third-order valence-corrected chi connectivity index (χ3v) is 5.31. The van der Waals surface area contributed by atoms with E-state index in [-0.39, 0.29) is 21.4 Å². The summed E-state index contributed by atoms with van der Waals surface area (Å²) in [6, 6.07) is 9.50. The molecule has 1 aliphatic carbocycles. The van der Waals surface area contributed by atoms with Crippen molar-refractivity contribution < 1.29 is 24.5 Å². The number of phenols is 1. The Morgan fingerprint density at radius 1 is 1.11 bits per heavy atom. The van der Waals surface area contributed by atoms with Gasteiger partial charge < -0.3 is 14.9 Å². The predicted molar refractivity (Wildman–Crippen MR) is 99.5 cm³/mol. The molecule has 2 aliphatic rings. The van der Waals surface area contributed by atoms with Gasteiger partial charge in [-0.05, 0) is 17.7 Å². The highest BCUT2D eigenvalue weighted by Gasteiger charge is 2.39. The molecule has 1 aliphatic heterocycles. The first-order valence-corrected chi connectivity index (χ1v) is 8.78. The molecule has 7 heteroatoms. The van der Waals surface area contributed by atoms with E-state index in [0.29, 0.717) is 22.6 Å². The third kappa shape index (κ3) is 2.89. The highest BCUT2D eigenvalue weighted by molar-refractivity contribution is 6.44. The van der Waals surface area contributed by atoms with Crippen LogP contribution in [-0.2, 0) is 4.79 Å². The number of benzene rings is 2. The lowest BCUT2D eigenvalue weighted by Crippen LogP contribution is -2.28. The van der Waals surface area contributed by atoms with Crippen molar-refractivity contribution in [3.63, 3.8) is 0 Å². The van der Waals surface area contributed by atoms with Crippen molar-refractivity contribution in [1.29, 1.82) is 0 Å². The molecule has 2 aromatic rings. The van der Waals surface area contributed by atoms with E-state index < -0.39 is 23.6 Å². The Bertz CT molecular complexity index is 1050. The van der Waals surface area contributed by atoms with Crippen LogP contribution < -0.4 is 4.74 Å². The van der Waals surface area contributed by atoms with E-state index in [1.165, 1.54) is 18.2 Å². The number of fused-ring (bicyclic) bond motifs is 2. The SMILES string of the molecule is O=C1C=C2Oc3cc(O)c(Cl)cc3C(c3ccccc3C(=O)O)C2C=C1Cl. The van der Waals surface area contributed by atoms with Crippen molar-refractivity contribution in [1.82, 2.24) is 0 Å². The average Bonchev–Trinajstić information content (AvgIpc) is 2.63. The monoisotopic (exact) mass is 402 g/mol. The van der Waals surface area contributed by atoms with Crippen LogP contribution in [0.5, 0.6) is 11.5 Å². The molecular weight excluding hydrogens is 391 g/mol. The van der Waals surface area contributed by atoms with Crippen LogP contribution in [0.2, 0.25) is 5.02 Å². The minimum atomic E-state index is -1.07. The lowest BCUT2D eigenvalue weighted by molar-refractivity contribution is -0.111. The molecule has 0 spiro atoms. The lowest BCUT2D eigenvalue weighted by atomic mass is 9.74. The van der Waals surface area contributed by atoms with E-state index in [1.54, 1.807) is 30.3 Å². The van der Waals surface area contributed by atoms with Gasteiger partial charge in [0.15, 0.2) is 5.78 Å². The van der Waals surface area contributed by atoms with Crippen molar-refractivity contribution in [3.05, 3.63) is 81.1 Å². The number of hydrogen-bond donors (Lipinski definition) is 2. The molecular formula is C20H12Cl2O5. The lowest BCUT2D eigenvalue weighted by Gasteiger charge is -2.36. The zero-order valence-electron chi connectivity index (χ0n) is 13.6. The Morgan fingerprint density at radius 2 is 1.85 bits per heavy atom. The Hall–Kier alpha value is -2.76. The van der Waals surface area contributed by atoms with Crippen molar-refractivity contribution in [2.75, 3.05) is 0 Å². The Morgan fingerprint density at radius 3 is 2.59 bits per heavy atom. The number of carboxylic acid groups (broad SMARTS) is 1. The van der Waals surface area contributed by atoms with Crippen molar-refractivity contribution in [2.45, 2.75) is 5.92 Å². The van der Waals surface area contributed by atoms with Crippen molar-refractivity contribution >= 4 is 35.0 Å². The number of ketones is 1. The van der Waals surface area contributed by atoms with E-state index in [0.717, 1.165) is 0 Å². The third-order valence-electron chi connectivity index (χ3n) is 4.69. The van der Waals surface area contributed by atoms with Gasteiger partial charge in [0, 0.05) is 29.5 Å². The van der Waals surface area contributed by atoms with Gasteiger partial charge in [-0.3, -0.25) is 4.79 Å². The van der Waals surface area contributed by atoms with Gasteiger partial charge >= 0.3 is 5.97 Å². The van der Waals surface area contributed by atoms with Crippen LogP contribution in [0.1, 0.15) is 27.4 Å². The summed E-state index contributed by atoms with van der Waals surface area (Å²) in [5, 5.41) is 19.7. The van der Waals surface area contributed by atoms with Gasteiger partial charge in [0.2, 0.25) is 0 Å². The fraction of sp³-hybridized carbons (Fsp3) is 0.100. The smallest absolute Gasteiger partial charge is 0.335 e. The van der Waals surface area contributed by atoms with Crippen LogP contribution >= 0.6 is 23.2 Å². The van der Waals surface area contributed by atoms with E-state index in [2.05, 4.69) is 0 Å². The average molecular weight is 403 g/mol. The molecule has 0 bridgehead atoms. The van der Waals surface area contributed by atoms with Crippen LogP contribution in [0.3, 0.4) is 0 Å². The molecule has 2 atom stereocenters. The normalized spacial score (nSPS) is 20.7. The number of carbonyl (C=O) groups excluding carboxylic acids is 1. The van der Waals surface area contributed by atoms with Crippen molar-refractivity contribution in [3.8, 4) is 11.5 Å². The number of carbonyl (C=O) groups is 2. The van der Waals surface area contributed by atoms with Gasteiger partial charge in [0.05, 0.1) is 15.6 Å². The van der Waals surface area contributed by atoms with Gasteiger partial charge in [-0.25, -0.2) is 4.79 Å². The summed E-state index contributed by atoms with van der Waals surface area (Å²) in [7, 11) is 0. The first-order valence-electron chi connectivity index (χ1n) is 8.02. The molecule has 0 amide bonds. The van der Waals surface area contributed by atoms with Crippen molar-refractivity contribution in [2.24, 2.45) is 5.92 Å². The minimum absolute atomic E-state index is 0.0403. The quantitative estimate of drug-likeness (QED) is 0.773. The number of carboxylic acids is 1. The summed E-state index contributed by atoms with van der Waals surface area (Å²) in [6.45, 7) is 0. The maximum Gasteiger partial charge on any atom is 0.335 e. The summed E-state index contributed by atoms with van der Waals surface area (Å²) in [4.78, 5) is 23.7. The van der Waals surface area contributed by atoms with Crippen LogP contribution in [0, 0.1) is 5.92 Å². The number of aromatic hydroxyl groups is 1. The van der Waals surface area contributed by atoms with Gasteiger partial charge in [-0.1, -0.05) is 47.5 Å². The second-order valence-corrected chi connectivity index (χ2v) is 7.08. The van der Waals surface area contributed by atoms with E-state index in [1.807, 2.05) is 0 Å². The molecule has 0 aromatic heterocycles. The summed E-state index contributed by atoms with van der Waals surface area (Å²) in [5.41, 5.74) is 1.26. The Labute approximate surface area is 164 Å². The molecule has 2 unspecified atom stereocenters. The van der Waals surface area contributed by atoms with Gasteiger partial charge in [-0.15, -0.1) is 0 Å². The van der Waals surface area contributed by atoms with Crippen LogP contribution in [-0.4, -0.2) is 22.0 Å². The fourth-order valence-corrected chi connectivity index (χ4v) is 3.87. The number of allylic oxidation sites excluding steroid dienone is 3. The molecule has 1 heterocycles. The number of hydrogen-bond acceptors (Lipinski definition) is 4. The Kier molecular flexibility index (Phi) is 4.21. The number of aromatic carboxylic acids is 1. The molecule has 4 rings (SSSR count). The standard InChI is InChI=1S/C20H12Cl2O5/c21-13-5-11-17(7-15(13)23)27-18-8-16(24)14(22)6-12(18)19(11)9-3-1-2-4-10(9)20(25)26/h1-8,11,19,24H,(H,25,26). The summed E-state index contributed by atoms with van der Waals surface area (Å²) in [5.74, 6) is -1.98. The van der Waals surface area contributed by atoms with Gasteiger partial charge in [-0.2, -0.15) is 0 Å². The maximum absolute atomic E-state index is 12.0. The fourth-order valence-electron chi connectivity index (χ4n) is 3.51. The molecule has 136 valence electrons. The molecule has 5 nitrogen and oxygen atoms in total. The maximum atomic E-state index is 12.0. The number of halogens is 2. The molecule has 0 saturated carbocycles. The molecule has 2 aromatic carbocycles. The first kappa shape index (κ1) is 17.6. The molecule has 0 saturated heterocycles. The highest BCUT2D eigenvalue weighted by atomic mass is 35.5. The number of rotatable bonds is 2. The van der Waals surface area contributed by atoms with E-state index >= 15 is 0 Å². The topological polar surface area (TPSA) is 83.8 Å². The van der Waals surface area contributed by atoms with Crippen LogP contribution in [0.4, 0.5) is 0 Å². The Balaban J connectivity index is 2.01. The first-order chi connectivity index (χ1) is 12.9. The second-order valence-electron chi connectivity index (χ2n) is 6.26. The summed E-state index contributed by atoms with van der Waals surface area (Å²) in [6.07, 6.45) is 2.85. The van der Waals surface area contributed by atoms with E-state index in [9.17, 15) is 19.8 Å². The van der Waals surface area contributed by atoms with Gasteiger partial charge in [0.25, 0.3) is 0 Å².